The van der Waals surface area contributed by atoms with Crippen LogP contribution in [0.5, 0.6) is 0 Å². The van der Waals surface area contributed by atoms with Gasteiger partial charge in [0.25, 0.3) is 0 Å². The van der Waals surface area contributed by atoms with E-state index >= 15 is 0 Å². The number of carbonyl (C=O) groups excluding carboxylic acids is 2. The van der Waals surface area contributed by atoms with E-state index in [1.165, 1.54) is 44.9 Å². The molecule has 1 aromatic rings. The summed E-state index contributed by atoms with van der Waals surface area (Å²) in [7, 11) is 0. The Morgan fingerprint density at radius 2 is 1.96 bits per heavy atom. The van der Waals surface area contributed by atoms with Crippen molar-refractivity contribution in [3.63, 3.8) is 0 Å². The average Bonchev–Trinajstić information content (AvgIpc) is 3.35. The minimum Gasteiger partial charge on any atom is -0.360 e. The highest BCUT2D eigenvalue weighted by Crippen LogP contribution is 2.28. The third-order valence-corrected chi connectivity index (χ3v) is 5.96. The largest absolute Gasteiger partial charge is 0.360 e. The fraction of sp³-hybridized carbons (Fsp3) is 0.762. The van der Waals surface area contributed by atoms with E-state index in [2.05, 4.69) is 15.4 Å². The molecule has 7 heteroatoms. The van der Waals surface area contributed by atoms with Gasteiger partial charge in [-0.3, -0.25) is 9.59 Å². The maximum Gasteiger partial charge on any atom is 0.245 e. The van der Waals surface area contributed by atoms with Crippen LogP contribution in [-0.2, 0) is 9.59 Å². The third kappa shape index (κ3) is 6.62. The molecule has 1 aliphatic heterocycles. The Labute approximate surface area is 167 Å². The van der Waals surface area contributed by atoms with Gasteiger partial charge in [0, 0.05) is 25.6 Å². The summed E-state index contributed by atoms with van der Waals surface area (Å²) < 4.78 is 4.99. The summed E-state index contributed by atoms with van der Waals surface area (Å²) in [6, 6.07) is 1.68. The number of hydrogen-bond acceptors (Lipinski definition) is 5. The number of aromatic nitrogens is 1. The van der Waals surface area contributed by atoms with E-state index in [1.54, 1.807) is 17.9 Å². The van der Waals surface area contributed by atoms with Gasteiger partial charge in [-0.2, -0.15) is 0 Å². The maximum absolute atomic E-state index is 12.9. The van der Waals surface area contributed by atoms with Crippen molar-refractivity contribution >= 4 is 17.6 Å². The average molecular weight is 391 g/mol. The van der Waals surface area contributed by atoms with Gasteiger partial charge < -0.3 is 19.6 Å². The molecule has 7 nitrogen and oxygen atoms in total. The van der Waals surface area contributed by atoms with E-state index in [-0.39, 0.29) is 18.4 Å². The van der Waals surface area contributed by atoms with Crippen molar-refractivity contribution in [2.24, 2.45) is 5.92 Å². The Morgan fingerprint density at radius 3 is 2.64 bits per heavy atom. The number of aryl methyl sites for hydroxylation is 1. The number of amides is 2. The molecule has 2 heterocycles. The molecule has 0 bridgehead atoms. The zero-order valence-corrected chi connectivity index (χ0v) is 17.1. The summed E-state index contributed by atoms with van der Waals surface area (Å²) in [6.45, 7) is 5.48. The minimum atomic E-state index is -0.221. The summed E-state index contributed by atoms with van der Waals surface area (Å²) in [5, 5.41) is 6.53. The number of nitrogens with one attached hydrogen (secondary N) is 1. The van der Waals surface area contributed by atoms with Gasteiger partial charge in [0.15, 0.2) is 5.82 Å². The zero-order valence-electron chi connectivity index (χ0n) is 17.1. The van der Waals surface area contributed by atoms with Gasteiger partial charge >= 0.3 is 0 Å². The molecule has 1 saturated carbocycles. The molecule has 1 aliphatic carbocycles. The summed E-state index contributed by atoms with van der Waals surface area (Å²) in [5.74, 6) is 1.60. The quantitative estimate of drug-likeness (QED) is 0.700. The molecule has 3 rings (SSSR count). The minimum absolute atomic E-state index is 0.0727. The summed E-state index contributed by atoms with van der Waals surface area (Å²) in [6.07, 6.45) is 10.3. The van der Waals surface area contributed by atoms with Crippen LogP contribution >= 0.6 is 0 Å². The monoisotopic (exact) mass is 390 g/mol. The van der Waals surface area contributed by atoms with Crippen LogP contribution in [0.25, 0.3) is 0 Å². The van der Waals surface area contributed by atoms with E-state index in [4.69, 9.17) is 4.52 Å². The Kier molecular flexibility index (Phi) is 7.89. The SMILES string of the molecule is Cc1cc(NC(=O)CN(CCN2CCCCC2)C(=O)CCC2CCCC2)no1. The topological polar surface area (TPSA) is 78.7 Å². The second-order valence-corrected chi connectivity index (χ2v) is 8.28. The van der Waals surface area contributed by atoms with Crippen LogP contribution < -0.4 is 5.32 Å². The van der Waals surface area contributed by atoms with Crippen LogP contribution in [0.1, 0.15) is 63.5 Å². The Morgan fingerprint density at radius 1 is 1.21 bits per heavy atom. The first kappa shape index (κ1) is 20.8. The molecule has 1 saturated heterocycles. The standard InChI is InChI=1S/C21H34N4O3/c1-17-15-19(23-28-17)22-20(26)16-25(14-13-24-11-5-2-6-12-24)21(27)10-9-18-7-3-4-8-18/h15,18H,2-14,16H2,1H3,(H,22,23,26). The first-order chi connectivity index (χ1) is 13.6. The summed E-state index contributed by atoms with van der Waals surface area (Å²) in [5.41, 5.74) is 0. The second kappa shape index (κ2) is 10.6. The molecule has 0 spiro atoms. The van der Waals surface area contributed by atoms with Gasteiger partial charge in [-0.05, 0) is 45.2 Å². The number of anilines is 1. The molecule has 156 valence electrons. The van der Waals surface area contributed by atoms with E-state index in [0.717, 1.165) is 26.1 Å². The molecule has 0 radical (unpaired) electrons. The zero-order chi connectivity index (χ0) is 19.8. The first-order valence-corrected chi connectivity index (χ1v) is 10.8. The molecular weight excluding hydrogens is 356 g/mol. The molecule has 0 atom stereocenters. The van der Waals surface area contributed by atoms with Crippen molar-refractivity contribution in [2.75, 3.05) is 38.0 Å². The lowest BCUT2D eigenvalue weighted by Crippen LogP contribution is -2.43. The summed E-state index contributed by atoms with van der Waals surface area (Å²) >= 11 is 0. The van der Waals surface area contributed by atoms with Gasteiger partial charge in [0.1, 0.15) is 5.76 Å². The summed E-state index contributed by atoms with van der Waals surface area (Å²) in [4.78, 5) is 29.4. The molecule has 0 unspecified atom stereocenters. The van der Waals surface area contributed by atoms with Gasteiger partial charge in [0.2, 0.25) is 11.8 Å². The first-order valence-electron chi connectivity index (χ1n) is 10.8. The number of nitrogens with zero attached hydrogens (tertiary/aromatic N) is 3. The van der Waals surface area contributed by atoms with Crippen LogP contribution in [-0.4, -0.2) is 59.5 Å². The number of rotatable bonds is 9. The molecule has 2 amide bonds. The Hall–Kier alpha value is -1.89. The lowest BCUT2D eigenvalue weighted by Gasteiger charge is -2.30. The van der Waals surface area contributed by atoms with Gasteiger partial charge in [-0.25, -0.2) is 0 Å². The number of likely N-dealkylation sites (tertiary alicyclic amines) is 1. The smallest absolute Gasteiger partial charge is 0.245 e. The molecule has 0 aromatic carbocycles. The van der Waals surface area contributed by atoms with Crippen molar-refractivity contribution in [2.45, 2.75) is 64.7 Å². The predicted molar refractivity (Wildman–Crippen MR) is 108 cm³/mol. The normalized spacial score (nSPS) is 18.3. The lowest BCUT2D eigenvalue weighted by atomic mass is 10.0. The molecular formula is C21H34N4O3. The molecule has 1 aromatic heterocycles. The lowest BCUT2D eigenvalue weighted by molar-refractivity contribution is -0.135. The van der Waals surface area contributed by atoms with E-state index in [1.807, 2.05) is 0 Å². The van der Waals surface area contributed by atoms with Crippen molar-refractivity contribution < 1.29 is 14.1 Å². The van der Waals surface area contributed by atoms with E-state index in [0.29, 0.717) is 30.5 Å². The van der Waals surface area contributed by atoms with Crippen molar-refractivity contribution in [1.29, 1.82) is 0 Å². The highest BCUT2D eigenvalue weighted by atomic mass is 16.5. The van der Waals surface area contributed by atoms with Crippen molar-refractivity contribution in [3.05, 3.63) is 11.8 Å². The second-order valence-electron chi connectivity index (χ2n) is 8.28. The highest BCUT2D eigenvalue weighted by molar-refractivity contribution is 5.93. The predicted octanol–water partition coefficient (Wildman–Crippen LogP) is 3.21. The molecule has 1 N–H and O–H groups in total. The van der Waals surface area contributed by atoms with Crippen molar-refractivity contribution in [1.82, 2.24) is 15.0 Å². The van der Waals surface area contributed by atoms with Crippen LogP contribution in [0.2, 0.25) is 0 Å². The Bertz CT molecular complexity index is 633. The van der Waals surface area contributed by atoms with Gasteiger partial charge in [0.05, 0.1) is 6.54 Å². The maximum atomic E-state index is 12.9. The van der Waals surface area contributed by atoms with Gasteiger partial charge in [-0.15, -0.1) is 0 Å². The highest BCUT2D eigenvalue weighted by Gasteiger charge is 2.22. The fourth-order valence-corrected chi connectivity index (χ4v) is 4.30. The van der Waals surface area contributed by atoms with Crippen LogP contribution in [0.3, 0.4) is 0 Å². The van der Waals surface area contributed by atoms with Gasteiger partial charge in [-0.1, -0.05) is 37.3 Å². The fourth-order valence-electron chi connectivity index (χ4n) is 4.30. The molecule has 2 aliphatic rings. The van der Waals surface area contributed by atoms with Crippen molar-refractivity contribution in [3.8, 4) is 0 Å². The number of hydrogen-bond donors (Lipinski definition) is 1. The Balaban J connectivity index is 1.52. The molecule has 28 heavy (non-hydrogen) atoms. The van der Waals surface area contributed by atoms with Crippen LogP contribution in [0.4, 0.5) is 5.82 Å². The van der Waals surface area contributed by atoms with Crippen LogP contribution in [0, 0.1) is 12.8 Å². The van der Waals surface area contributed by atoms with Crippen LogP contribution in [0.15, 0.2) is 10.6 Å². The number of carbonyl (C=O) groups is 2. The van der Waals surface area contributed by atoms with E-state index < -0.39 is 0 Å². The number of piperidine rings is 1. The molecule has 2 fully saturated rings. The third-order valence-electron chi connectivity index (χ3n) is 5.96. The van der Waals surface area contributed by atoms with E-state index in [9.17, 15) is 9.59 Å².